The van der Waals surface area contributed by atoms with E-state index in [1.165, 1.54) is 0 Å². The van der Waals surface area contributed by atoms with E-state index in [4.69, 9.17) is 5.73 Å². The van der Waals surface area contributed by atoms with Crippen LogP contribution in [0.4, 0.5) is 11.4 Å². The molecule has 100 valence electrons. The molecule has 0 spiro atoms. The van der Waals surface area contributed by atoms with Crippen LogP contribution in [0.3, 0.4) is 0 Å². The number of aliphatic imine (C=N–C) groups is 1. The normalized spacial score (nSPS) is 10.7. The Morgan fingerprint density at radius 2 is 1.89 bits per heavy atom. The van der Waals surface area contributed by atoms with Crippen molar-refractivity contribution in [2.45, 2.75) is 6.92 Å². The van der Waals surface area contributed by atoms with Crippen molar-refractivity contribution < 1.29 is 5.11 Å². The monoisotopic (exact) mass is 277 g/mol. The standard InChI is InChI=1S/C14H15N3O.ClH/c1-10-5-2-3-8-13(10)17-14(15)16-11-6-4-7-12(18)9-11;/h2-9,18H,1H3,(H3,15,16,17);1H. The lowest BCUT2D eigenvalue weighted by atomic mass is 10.2. The first-order valence-corrected chi connectivity index (χ1v) is 5.61. The zero-order valence-corrected chi connectivity index (χ0v) is 11.3. The fourth-order valence-electron chi connectivity index (χ4n) is 1.58. The number of nitrogens with two attached hydrogens (primary N) is 1. The molecule has 0 amide bonds. The van der Waals surface area contributed by atoms with Crippen LogP contribution in [0.1, 0.15) is 5.56 Å². The van der Waals surface area contributed by atoms with Crippen LogP contribution >= 0.6 is 12.4 Å². The number of guanidine groups is 1. The summed E-state index contributed by atoms with van der Waals surface area (Å²) in [7, 11) is 0. The Labute approximate surface area is 118 Å². The number of phenolic OH excluding ortho intramolecular Hbond substituents is 1. The molecule has 0 aliphatic carbocycles. The fourth-order valence-corrected chi connectivity index (χ4v) is 1.58. The number of aromatic hydroxyl groups is 1. The molecule has 5 heteroatoms. The van der Waals surface area contributed by atoms with Gasteiger partial charge < -0.3 is 16.2 Å². The van der Waals surface area contributed by atoms with Crippen molar-refractivity contribution in [2.24, 2.45) is 10.7 Å². The molecule has 4 nitrogen and oxygen atoms in total. The second-order valence-corrected chi connectivity index (χ2v) is 3.96. The molecule has 19 heavy (non-hydrogen) atoms. The molecule has 0 heterocycles. The number of aryl methyl sites for hydroxylation is 1. The zero-order chi connectivity index (χ0) is 13.0. The highest BCUT2D eigenvalue weighted by molar-refractivity contribution is 5.94. The van der Waals surface area contributed by atoms with Crippen LogP contribution in [0.5, 0.6) is 5.75 Å². The van der Waals surface area contributed by atoms with Gasteiger partial charge in [-0.05, 0) is 30.7 Å². The van der Waals surface area contributed by atoms with Crippen molar-refractivity contribution >= 4 is 29.7 Å². The largest absolute Gasteiger partial charge is 0.508 e. The molecule has 0 bridgehead atoms. The second kappa shape index (κ2) is 6.66. The van der Waals surface area contributed by atoms with Gasteiger partial charge in [0.05, 0.1) is 5.69 Å². The van der Waals surface area contributed by atoms with Gasteiger partial charge in [0.25, 0.3) is 0 Å². The van der Waals surface area contributed by atoms with E-state index in [-0.39, 0.29) is 24.1 Å². The number of nitrogens with zero attached hydrogens (tertiary/aromatic N) is 1. The maximum Gasteiger partial charge on any atom is 0.198 e. The zero-order valence-electron chi connectivity index (χ0n) is 10.5. The van der Waals surface area contributed by atoms with Crippen LogP contribution in [-0.4, -0.2) is 11.1 Å². The molecule has 0 saturated heterocycles. The van der Waals surface area contributed by atoms with E-state index in [1.54, 1.807) is 24.3 Å². The summed E-state index contributed by atoms with van der Waals surface area (Å²) in [6, 6.07) is 14.5. The summed E-state index contributed by atoms with van der Waals surface area (Å²) in [5.74, 6) is 0.471. The third-order valence-electron chi connectivity index (χ3n) is 2.47. The Morgan fingerprint density at radius 3 is 2.58 bits per heavy atom. The molecule has 0 aromatic heterocycles. The van der Waals surface area contributed by atoms with Crippen LogP contribution in [0.15, 0.2) is 53.5 Å². The first kappa shape index (κ1) is 14.9. The Hall–Kier alpha value is -2.20. The summed E-state index contributed by atoms with van der Waals surface area (Å²) in [5, 5.41) is 12.3. The maximum absolute atomic E-state index is 9.34. The molecule has 0 aliphatic rings. The van der Waals surface area contributed by atoms with Gasteiger partial charge in [0.2, 0.25) is 0 Å². The maximum atomic E-state index is 9.34. The van der Waals surface area contributed by atoms with Gasteiger partial charge in [0, 0.05) is 11.8 Å². The number of rotatable bonds is 2. The van der Waals surface area contributed by atoms with Crippen molar-refractivity contribution in [1.29, 1.82) is 0 Å². The molecule has 0 saturated carbocycles. The SMILES string of the molecule is Cc1ccccc1N=C(N)Nc1cccc(O)c1.Cl. The first-order valence-electron chi connectivity index (χ1n) is 5.61. The number of benzene rings is 2. The predicted molar refractivity (Wildman–Crippen MR) is 81.4 cm³/mol. The molecule has 0 atom stereocenters. The van der Waals surface area contributed by atoms with Crippen LogP contribution in [0, 0.1) is 6.92 Å². The number of phenols is 1. The minimum absolute atomic E-state index is 0. The van der Waals surface area contributed by atoms with E-state index in [1.807, 2.05) is 31.2 Å². The summed E-state index contributed by atoms with van der Waals surface area (Å²) in [4.78, 5) is 4.29. The van der Waals surface area contributed by atoms with E-state index >= 15 is 0 Å². The van der Waals surface area contributed by atoms with E-state index < -0.39 is 0 Å². The lowest BCUT2D eigenvalue weighted by Gasteiger charge is -2.06. The molecule has 2 rings (SSSR count). The van der Waals surface area contributed by atoms with Crippen molar-refractivity contribution in [3.05, 3.63) is 54.1 Å². The summed E-state index contributed by atoms with van der Waals surface area (Å²) in [5.41, 5.74) is 8.39. The summed E-state index contributed by atoms with van der Waals surface area (Å²) in [6.07, 6.45) is 0. The smallest absolute Gasteiger partial charge is 0.198 e. The van der Waals surface area contributed by atoms with E-state index in [2.05, 4.69) is 10.3 Å². The van der Waals surface area contributed by atoms with Gasteiger partial charge in [-0.1, -0.05) is 24.3 Å². The average Bonchev–Trinajstić information content (AvgIpc) is 2.32. The van der Waals surface area contributed by atoms with Crippen molar-refractivity contribution in [1.82, 2.24) is 0 Å². The van der Waals surface area contributed by atoms with Gasteiger partial charge in [0.15, 0.2) is 5.96 Å². The molecule has 2 aromatic rings. The van der Waals surface area contributed by atoms with Gasteiger partial charge in [-0.2, -0.15) is 0 Å². The predicted octanol–water partition coefficient (Wildman–Crippen LogP) is 3.18. The lowest BCUT2D eigenvalue weighted by Crippen LogP contribution is -2.21. The van der Waals surface area contributed by atoms with Crippen LogP contribution in [-0.2, 0) is 0 Å². The topological polar surface area (TPSA) is 70.6 Å². The Balaban J connectivity index is 0.00000180. The fraction of sp³-hybridized carbons (Fsp3) is 0.0714. The lowest BCUT2D eigenvalue weighted by molar-refractivity contribution is 0.475. The number of nitrogens with one attached hydrogen (secondary N) is 1. The van der Waals surface area contributed by atoms with Crippen LogP contribution in [0.2, 0.25) is 0 Å². The minimum atomic E-state index is 0. The Kier molecular flexibility index (Phi) is 5.21. The third-order valence-corrected chi connectivity index (χ3v) is 2.47. The molecular formula is C14H16ClN3O. The number of halogens is 1. The molecule has 0 radical (unpaired) electrons. The van der Waals surface area contributed by atoms with Crippen LogP contribution < -0.4 is 11.1 Å². The molecule has 0 aliphatic heterocycles. The van der Waals surface area contributed by atoms with Crippen molar-refractivity contribution in [3.8, 4) is 5.75 Å². The molecule has 0 unspecified atom stereocenters. The number of hydrogen-bond acceptors (Lipinski definition) is 2. The quantitative estimate of drug-likeness (QED) is 0.583. The summed E-state index contributed by atoms with van der Waals surface area (Å²) in [6.45, 7) is 1.97. The third kappa shape index (κ3) is 4.19. The minimum Gasteiger partial charge on any atom is -0.508 e. The average molecular weight is 278 g/mol. The number of para-hydroxylation sites is 1. The molecule has 2 aromatic carbocycles. The Morgan fingerprint density at radius 1 is 1.16 bits per heavy atom. The summed E-state index contributed by atoms with van der Waals surface area (Å²) >= 11 is 0. The highest BCUT2D eigenvalue weighted by Gasteiger charge is 1.98. The molecular weight excluding hydrogens is 262 g/mol. The number of hydrogen-bond donors (Lipinski definition) is 3. The van der Waals surface area contributed by atoms with Gasteiger partial charge in [-0.25, -0.2) is 4.99 Å². The summed E-state index contributed by atoms with van der Waals surface area (Å²) < 4.78 is 0. The van der Waals surface area contributed by atoms with Gasteiger partial charge >= 0.3 is 0 Å². The Bertz CT molecular complexity index is 584. The first-order chi connectivity index (χ1) is 8.65. The van der Waals surface area contributed by atoms with Crippen LogP contribution in [0.25, 0.3) is 0 Å². The molecule has 0 fully saturated rings. The number of anilines is 1. The highest BCUT2D eigenvalue weighted by atomic mass is 35.5. The van der Waals surface area contributed by atoms with Crippen molar-refractivity contribution in [3.63, 3.8) is 0 Å². The van der Waals surface area contributed by atoms with Crippen molar-refractivity contribution in [2.75, 3.05) is 5.32 Å². The molecule has 4 N–H and O–H groups in total. The van der Waals surface area contributed by atoms with E-state index in [0.717, 1.165) is 11.3 Å². The van der Waals surface area contributed by atoms with E-state index in [0.29, 0.717) is 5.69 Å². The van der Waals surface area contributed by atoms with E-state index in [9.17, 15) is 5.11 Å². The van der Waals surface area contributed by atoms with Gasteiger partial charge in [-0.15, -0.1) is 12.4 Å². The van der Waals surface area contributed by atoms with Gasteiger partial charge in [0.1, 0.15) is 5.75 Å². The second-order valence-electron chi connectivity index (χ2n) is 3.96. The van der Waals surface area contributed by atoms with Gasteiger partial charge in [-0.3, -0.25) is 0 Å². The highest BCUT2D eigenvalue weighted by Crippen LogP contribution is 2.18.